The van der Waals surface area contributed by atoms with Crippen molar-refractivity contribution in [2.75, 3.05) is 32.8 Å². The van der Waals surface area contributed by atoms with Crippen LogP contribution in [0.15, 0.2) is 54.6 Å². The van der Waals surface area contributed by atoms with Crippen molar-refractivity contribution in [1.29, 1.82) is 0 Å². The quantitative estimate of drug-likeness (QED) is 0.620. The van der Waals surface area contributed by atoms with Crippen molar-refractivity contribution in [2.24, 2.45) is 0 Å². The molecular weight excluding hydrogens is 352 g/mol. The molecule has 0 bridgehead atoms. The molecule has 1 aliphatic heterocycles. The molecule has 28 heavy (non-hydrogen) atoms. The largest absolute Gasteiger partial charge is 0.483 e. The number of carbonyl (C=O) groups is 1. The van der Waals surface area contributed by atoms with Crippen LogP contribution >= 0.6 is 0 Å². The number of para-hydroxylation sites is 1. The predicted molar refractivity (Wildman–Crippen MR) is 111 cm³/mol. The van der Waals surface area contributed by atoms with Gasteiger partial charge in [0.1, 0.15) is 5.75 Å². The van der Waals surface area contributed by atoms with Gasteiger partial charge in [-0.15, -0.1) is 0 Å². The molecule has 0 radical (unpaired) electrons. The standard InChI is InChI=1S/C23H30N2O3/c26-17-20-11-8-16-25(20)15-7-6-14-24-23(27)18-28-22-13-5-4-12-21(22)19-9-2-1-3-10-19/h1-5,9-10,12-13,20,26H,6-8,11,14-18H2,(H,24,27)/t20-/m0/s1. The number of nitrogens with one attached hydrogen (secondary N) is 1. The second-order valence-electron chi connectivity index (χ2n) is 7.22. The van der Waals surface area contributed by atoms with Crippen molar-refractivity contribution in [3.8, 4) is 16.9 Å². The summed E-state index contributed by atoms with van der Waals surface area (Å²) in [5, 5.41) is 12.3. The van der Waals surface area contributed by atoms with Crippen molar-refractivity contribution in [3.63, 3.8) is 0 Å². The van der Waals surface area contributed by atoms with E-state index < -0.39 is 0 Å². The SMILES string of the molecule is O=C(COc1ccccc1-c1ccccc1)NCCCCN1CCC[C@H]1CO. The maximum atomic E-state index is 12.1. The molecule has 5 heteroatoms. The van der Waals surface area contributed by atoms with Crippen molar-refractivity contribution < 1.29 is 14.6 Å². The molecule has 1 saturated heterocycles. The van der Waals surface area contributed by atoms with E-state index in [4.69, 9.17) is 4.74 Å². The van der Waals surface area contributed by atoms with Crippen molar-refractivity contribution >= 4 is 5.91 Å². The first-order chi connectivity index (χ1) is 13.8. The van der Waals surface area contributed by atoms with Gasteiger partial charge in [-0.2, -0.15) is 0 Å². The fourth-order valence-electron chi connectivity index (χ4n) is 3.71. The number of rotatable bonds is 10. The van der Waals surface area contributed by atoms with Crippen LogP contribution < -0.4 is 10.1 Å². The molecule has 0 aliphatic carbocycles. The smallest absolute Gasteiger partial charge is 0.257 e. The minimum absolute atomic E-state index is 0.0164. The van der Waals surface area contributed by atoms with Crippen LogP contribution in [0.5, 0.6) is 5.75 Å². The maximum Gasteiger partial charge on any atom is 0.257 e. The van der Waals surface area contributed by atoms with Crippen molar-refractivity contribution in [3.05, 3.63) is 54.6 Å². The summed E-state index contributed by atoms with van der Waals surface area (Å²) in [5.74, 6) is 0.616. The molecule has 1 amide bonds. The summed E-state index contributed by atoms with van der Waals surface area (Å²) in [6.07, 6.45) is 4.22. The second kappa shape index (κ2) is 10.8. The summed E-state index contributed by atoms with van der Waals surface area (Å²) in [6.45, 7) is 2.98. The first-order valence-corrected chi connectivity index (χ1v) is 10.2. The highest BCUT2D eigenvalue weighted by Gasteiger charge is 2.22. The van der Waals surface area contributed by atoms with E-state index in [9.17, 15) is 9.90 Å². The van der Waals surface area contributed by atoms with Gasteiger partial charge in [0.25, 0.3) is 5.91 Å². The number of ether oxygens (including phenoxy) is 1. The first-order valence-electron chi connectivity index (χ1n) is 10.2. The average molecular weight is 383 g/mol. The number of unbranched alkanes of at least 4 members (excludes halogenated alkanes) is 1. The number of carbonyl (C=O) groups excluding carboxylic acids is 1. The van der Waals surface area contributed by atoms with Crippen LogP contribution in [0.2, 0.25) is 0 Å². The first kappa shape index (κ1) is 20.4. The molecule has 5 nitrogen and oxygen atoms in total. The molecule has 0 saturated carbocycles. The van der Waals surface area contributed by atoms with Crippen molar-refractivity contribution in [1.82, 2.24) is 10.2 Å². The van der Waals surface area contributed by atoms with E-state index in [2.05, 4.69) is 10.2 Å². The average Bonchev–Trinajstić information content (AvgIpc) is 3.20. The van der Waals surface area contributed by atoms with Gasteiger partial charge in [-0.25, -0.2) is 0 Å². The topological polar surface area (TPSA) is 61.8 Å². The number of benzene rings is 2. The molecule has 150 valence electrons. The monoisotopic (exact) mass is 382 g/mol. The van der Waals surface area contributed by atoms with E-state index in [-0.39, 0.29) is 19.1 Å². The van der Waals surface area contributed by atoms with Crippen LogP contribution in [0, 0.1) is 0 Å². The zero-order chi connectivity index (χ0) is 19.6. The summed E-state index contributed by atoms with van der Waals surface area (Å²) < 4.78 is 5.77. The number of amides is 1. The lowest BCUT2D eigenvalue weighted by molar-refractivity contribution is -0.123. The van der Waals surface area contributed by atoms with Gasteiger partial charge in [-0.3, -0.25) is 9.69 Å². The Morgan fingerprint density at radius 3 is 2.71 bits per heavy atom. The van der Waals surface area contributed by atoms with E-state index >= 15 is 0 Å². The highest BCUT2D eigenvalue weighted by atomic mass is 16.5. The van der Waals surface area contributed by atoms with E-state index in [1.807, 2.05) is 54.6 Å². The van der Waals surface area contributed by atoms with Gasteiger partial charge in [0.15, 0.2) is 6.61 Å². The third-order valence-electron chi connectivity index (χ3n) is 5.23. The van der Waals surface area contributed by atoms with Crippen LogP contribution in [-0.2, 0) is 4.79 Å². The second-order valence-corrected chi connectivity index (χ2v) is 7.22. The molecule has 2 N–H and O–H groups in total. The highest BCUT2D eigenvalue weighted by Crippen LogP contribution is 2.29. The summed E-state index contributed by atoms with van der Waals surface area (Å²) >= 11 is 0. The van der Waals surface area contributed by atoms with Crippen LogP contribution in [0.1, 0.15) is 25.7 Å². The Morgan fingerprint density at radius 2 is 1.89 bits per heavy atom. The van der Waals surface area contributed by atoms with Crippen LogP contribution in [0.3, 0.4) is 0 Å². The fraction of sp³-hybridized carbons (Fsp3) is 0.435. The Hall–Kier alpha value is -2.37. The Kier molecular flexibility index (Phi) is 7.88. The van der Waals surface area contributed by atoms with Crippen LogP contribution in [0.4, 0.5) is 0 Å². The normalized spacial score (nSPS) is 16.8. The number of nitrogens with zero attached hydrogens (tertiary/aromatic N) is 1. The minimum Gasteiger partial charge on any atom is -0.483 e. The number of aliphatic hydroxyl groups is 1. The molecule has 2 aromatic carbocycles. The van der Waals surface area contributed by atoms with E-state index in [0.29, 0.717) is 18.3 Å². The van der Waals surface area contributed by atoms with Gasteiger partial charge in [0.05, 0.1) is 6.61 Å². The molecule has 1 atom stereocenters. The Bertz CT molecular complexity index is 736. The number of hydrogen-bond acceptors (Lipinski definition) is 4. The van der Waals surface area contributed by atoms with Crippen molar-refractivity contribution in [2.45, 2.75) is 31.7 Å². The Balaban J connectivity index is 1.37. The van der Waals surface area contributed by atoms with Crippen LogP contribution in [0.25, 0.3) is 11.1 Å². The molecule has 1 aliphatic rings. The third kappa shape index (κ3) is 5.81. The molecular formula is C23H30N2O3. The number of aliphatic hydroxyl groups excluding tert-OH is 1. The molecule has 2 aromatic rings. The van der Waals surface area contributed by atoms with Gasteiger partial charge in [-0.1, -0.05) is 48.5 Å². The summed E-state index contributed by atoms with van der Waals surface area (Å²) in [6, 6.07) is 18.1. The van der Waals surface area contributed by atoms with E-state index in [1.54, 1.807) is 0 Å². The predicted octanol–water partition coefficient (Wildman–Crippen LogP) is 3.09. The maximum absolute atomic E-state index is 12.1. The molecule has 0 aromatic heterocycles. The van der Waals surface area contributed by atoms with E-state index in [1.165, 1.54) is 6.42 Å². The van der Waals surface area contributed by atoms with Gasteiger partial charge in [-0.05, 0) is 50.4 Å². The summed E-state index contributed by atoms with van der Waals surface area (Å²) in [7, 11) is 0. The Morgan fingerprint density at radius 1 is 1.11 bits per heavy atom. The van der Waals surface area contributed by atoms with Gasteiger partial charge >= 0.3 is 0 Å². The lowest BCUT2D eigenvalue weighted by atomic mass is 10.1. The third-order valence-corrected chi connectivity index (χ3v) is 5.23. The molecule has 1 fully saturated rings. The molecule has 0 spiro atoms. The minimum atomic E-state index is -0.0997. The zero-order valence-electron chi connectivity index (χ0n) is 16.3. The van der Waals surface area contributed by atoms with Gasteiger partial charge in [0.2, 0.25) is 0 Å². The number of likely N-dealkylation sites (tertiary alicyclic amines) is 1. The van der Waals surface area contributed by atoms with E-state index in [0.717, 1.165) is 43.5 Å². The molecule has 3 rings (SSSR count). The fourth-order valence-corrected chi connectivity index (χ4v) is 3.71. The molecule has 1 heterocycles. The highest BCUT2D eigenvalue weighted by molar-refractivity contribution is 5.78. The number of hydrogen-bond donors (Lipinski definition) is 2. The van der Waals surface area contributed by atoms with Gasteiger partial charge in [0, 0.05) is 18.2 Å². The zero-order valence-corrected chi connectivity index (χ0v) is 16.3. The van der Waals surface area contributed by atoms with Crippen LogP contribution in [-0.4, -0.2) is 54.8 Å². The lowest BCUT2D eigenvalue weighted by Crippen LogP contribution is -2.34. The Labute approximate surface area is 167 Å². The van der Waals surface area contributed by atoms with Gasteiger partial charge < -0.3 is 15.2 Å². The molecule has 0 unspecified atom stereocenters. The lowest BCUT2D eigenvalue weighted by Gasteiger charge is -2.22. The summed E-state index contributed by atoms with van der Waals surface area (Å²) in [4.78, 5) is 14.5. The summed E-state index contributed by atoms with van der Waals surface area (Å²) in [5.41, 5.74) is 2.06.